The summed E-state index contributed by atoms with van der Waals surface area (Å²) in [6, 6.07) is 10.1. The van der Waals surface area contributed by atoms with E-state index in [1.807, 2.05) is 31.4 Å². The lowest BCUT2D eigenvalue weighted by atomic mass is 10.1. The van der Waals surface area contributed by atoms with E-state index >= 15 is 0 Å². The fourth-order valence-electron chi connectivity index (χ4n) is 2.44. The molecule has 7 heteroatoms. The Morgan fingerprint density at radius 1 is 1.15 bits per heavy atom. The first-order valence-electron chi connectivity index (χ1n) is 8.27. The minimum absolute atomic E-state index is 0.164. The molecule has 2 atom stereocenters. The van der Waals surface area contributed by atoms with Gasteiger partial charge in [0, 0.05) is 16.9 Å². The summed E-state index contributed by atoms with van der Waals surface area (Å²) in [5.74, 6) is 0.317. The fraction of sp³-hybridized carbons (Fsp3) is 0.316. The second kappa shape index (κ2) is 10.3. The van der Waals surface area contributed by atoms with Gasteiger partial charge in [-0.3, -0.25) is 14.6 Å². The van der Waals surface area contributed by atoms with Crippen molar-refractivity contribution in [2.45, 2.75) is 25.4 Å². The lowest BCUT2D eigenvalue weighted by Crippen LogP contribution is -2.47. The first-order valence-corrected chi connectivity index (χ1v) is 10.5. The minimum Gasteiger partial charge on any atom is -0.348 e. The highest BCUT2D eigenvalue weighted by Crippen LogP contribution is 2.16. The Balaban J connectivity index is 2.07. The van der Waals surface area contributed by atoms with Crippen LogP contribution in [0.25, 0.3) is 0 Å². The standard InChI is InChI=1S/C19H22BrN3O2S/c1-13(14-7-10-21-11-8-14)22-19(25)17(9-12-26-2)23-18(24)15-5-3-4-6-16(15)20/h3-8,10-11,13,17H,9,12H2,1-2H3,(H,22,25)(H,23,24). The third-order valence-corrected chi connectivity index (χ3v) is 5.25. The van der Waals surface area contributed by atoms with Gasteiger partial charge < -0.3 is 10.6 Å². The number of halogens is 1. The van der Waals surface area contributed by atoms with Crippen LogP contribution < -0.4 is 10.6 Å². The molecule has 0 aliphatic rings. The highest BCUT2D eigenvalue weighted by atomic mass is 79.9. The molecule has 2 amide bonds. The van der Waals surface area contributed by atoms with Crippen LogP contribution >= 0.6 is 27.7 Å². The zero-order valence-corrected chi connectivity index (χ0v) is 17.1. The Labute approximate surface area is 166 Å². The molecule has 0 aliphatic heterocycles. The SMILES string of the molecule is CSCCC(NC(=O)c1ccccc1Br)C(=O)NC(C)c1ccncc1. The second-order valence-corrected chi connectivity index (χ2v) is 7.64. The maximum absolute atomic E-state index is 12.7. The highest BCUT2D eigenvalue weighted by molar-refractivity contribution is 9.10. The van der Waals surface area contributed by atoms with Gasteiger partial charge in [-0.05, 0) is 71.1 Å². The first-order chi connectivity index (χ1) is 12.5. The number of nitrogens with zero attached hydrogens (tertiary/aromatic N) is 1. The Bertz CT molecular complexity index is 743. The van der Waals surface area contributed by atoms with Crippen LogP contribution in [0.1, 0.15) is 35.3 Å². The molecule has 0 fully saturated rings. The van der Waals surface area contributed by atoms with E-state index in [1.54, 1.807) is 42.4 Å². The van der Waals surface area contributed by atoms with E-state index in [9.17, 15) is 9.59 Å². The van der Waals surface area contributed by atoms with Crippen molar-refractivity contribution in [1.29, 1.82) is 0 Å². The van der Waals surface area contributed by atoms with Crippen molar-refractivity contribution in [3.05, 3.63) is 64.4 Å². The molecule has 1 aromatic carbocycles. The summed E-state index contributed by atoms with van der Waals surface area (Å²) in [6.07, 6.45) is 5.92. The molecule has 0 spiro atoms. The van der Waals surface area contributed by atoms with E-state index in [-0.39, 0.29) is 17.9 Å². The first kappa shape index (κ1) is 20.5. The van der Waals surface area contributed by atoms with Gasteiger partial charge in [0.15, 0.2) is 0 Å². The molecule has 1 heterocycles. The smallest absolute Gasteiger partial charge is 0.253 e. The summed E-state index contributed by atoms with van der Waals surface area (Å²) in [5.41, 5.74) is 1.48. The van der Waals surface area contributed by atoms with Crippen molar-refractivity contribution < 1.29 is 9.59 Å². The van der Waals surface area contributed by atoms with Crippen LogP contribution in [0, 0.1) is 0 Å². The van der Waals surface area contributed by atoms with E-state index in [0.717, 1.165) is 11.3 Å². The van der Waals surface area contributed by atoms with Crippen molar-refractivity contribution in [2.75, 3.05) is 12.0 Å². The molecule has 1 aromatic heterocycles. The number of hydrogen-bond acceptors (Lipinski definition) is 4. The van der Waals surface area contributed by atoms with E-state index in [4.69, 9.17) is 0 Å². The number of benzene rings is 1. The Hall–Kier alpha value is -1.86. The number of nitrogens with one attached hydrogen (secondary N) is 2. The summed E-state index contributed by atoms with van der Waals surface area (Å²) in [6.45, 7) is 1.91. The molecule has 2 N–H and O–H groups in total. The summed E-state index contributed by atoms with van der Waals surface area (Å²) in [5, 5.41) is 5.83. The van der Waals surface area contributed by atoms with Gasteiger partial charge in [-0.15, -0.1) is 0 Å². The van der Waals surface area contributed by atoms with Gasteiger partial charge in [0.25, 0.3) is 5.91 Å². The van der Waals surface area contributed by atoms with E-state index in [2.05, 4.69) is 31.5 Å². The topological polar surface area (TPSA) is 71.1 Å². The third-order valence-electron chi connectivity index (χ3n) is 3.92. The van der Waals surface area contributed by atoms with Crippen molar-refractivity contribution in [3.63, 3.8) is 0 Å². The average Bonchev–Trinajstić information content (AvgIpc) is 2.65. The van der Waals surface area contributed by atoms with Gasteiger partial charge in [0.1, 0.15) is 6.04 Å². The van der Waals surface area contributed by atoms with Crippen LogP contribution in [-0.4, -0.2) is 34.8 Å². The van der Waals surface area contributed by atoms with E-state index in [0.29, 0.717) is 16.5 Å². The Kier molecular flexibility index (Phi) is 8.12. The zero-order chi connectivity index (χ0) is 18.9. The Morgan fingerprint density at radius 2 is 1.85 bits per heavy atom. The van der Waals surface area contributed by atoms with Gasteiger partial charge >= 0.3 is 0 Å². The molecular formula is C19H22BrN3O2S. The number of aromatic nitrogens is 1. The molecule has 2 unspecified atom stereocenters. The Morgan fingerprint density at radius 3 is 2.50 bits per heavy atom. The largest absolute Gasteiger partial charge is 0.348 e. The van der Waals surface area contributed by atoms with Crippen LogP contribution in [0.15, 0.2) is 53.3 Å². The summed E-state index contributed by atoms with van der Waals surface area (Å²) in [7, 11) is 0. The summed E-state index contributed by atoms with van der Waals surface area (Å²) >= 11 is 5.02. The maximum Gasteiger partial charge on any atom is 0.253 e. The molecule has 0 aliphatic carbocycles. The molecule has 0 radical (unpaired) electrons. The predicted molar refractivity (Wildman–Crippen MR) is 109 cm³/mol. The van der Waals surface area contributed by atoms with Gasteiger partial charge in [-0.25, -0.2) is 0 Å². The molecule has 2 rings (SSSR count). The molecule has 2 aromatic rings. The summed E-state index contributed by atoms with van der Waals surface area (Å²) < 4.78 is 0.701. The van der Waals surface area contributed by atoms with Crippen molar-refractivity contribution in [3.8, 4) is 0 Å². The molecule has 138 valence electrons. The monoisotopic (exact) mass is 435 g/mol. The number of carbonyl (C=O) groups is 2. The van der Waals surface area contributed by atoms with Crippen LogP contribution in [-0.2, 0) is 4.79 Å². The molecule has 0 saturated heterocycles. The average molecular weight is 436 g/mol. The van der Waals surface area contributed by atoms with Crippen LogP contribution in [0.3, 0.4) is 0 Å². The number of rotatable bonds is 8. The maximum atomic E-state index is 12.7. The number of hydrogen-bond donors (Lipinski definition) is 2. The van der Waals surface area contributed by atoms with Crippen molar-refractivity contribution >= 4 is 39.5 Å². The van der Waals surface area contributed by atoms with E-state index < -0.39 is 6.04 Å². The highest BCUT2D eigenvalue weighted by Gasteiger charge is 2.23. The molecule has 0 bridgehead atoms. The minimum atomic E-state index is -0.591. The lowest BCUT2D eigenvalue weighted by Gasteiger charge is -2.21. The number of pyridine rings is 1. The number of amides is 2. The third kappa shape index (κ3) is 5.85. The quantitative estimate of drug-likeness (QED) is 0.664. The molecular weight excluding hydrogens is 414 g/mol. The van der Waals surface area contributed by atoms with Crippen LogP contribution in [0.2, 0.25) is 0 Å². The van der Waals surface area contributed by atoms with E-state index in [1.165, 1.54) is 0 Å². The lowest BCUT2D eigenvalue weighted by molar-refractivity contribution is -0.123. The number of thioether (sulfide) groups is 1. The van der Waals surface area contributed by atoms with Gasteiger partial charge in [0.05, 0.1) is 11.6 Å². The molecule has 5 nitrogen and oxygen atoms in total. The number of carbonyl (C=O) groups excluding carboxylic acids is 2. The van der Waals surface area contributed by atoms with Crippen molar-refractivity contribution in [1.82, 2.24) is 15.6 Å². The predicted octanol–water partition coefficient (Wildman–Crippen LogP) is 3.57. The van der Waals surface area contributed by atoms with Gasteiger partial charge in [0.2, 0.25) is 5.91 Å². The van der Waals surface area contributed by atoms with Crippen molar-refractivity contribution in [2.24, 2.45) is 0 Å². The zero-order valence-electron chi connectivity index (χ0n) is 14.7. The fourth-order valence-corrected chi connectivity index (χ4v) is 3.37. The van der Waals surface area contributed by atoms with Gasteiger partial charge in [-0.2, -0.15) is 11.8 Å². The summed E-state index contributed by atoms with van der Waals surface area (Å²) in [4.78, 5) is 29.3. The second-order valence-electron chi connectivity index (χ2n) is 5.80. The van der Waals surface area contributed by atoms with Gasteiger partial charge in [-0.1, -0.05) is 12.1 Å². The normalized spacial score (nSPS) is 12.9. The van der Waals surface area contributed by atoms with Crippen LogP contribution in [0.5, 0.6) is 0 Å². The molecule has 26 heavy (non-hydrogen) atoms. The molecule has 0 saturated carbocycles. The van der Waals surface area contributed by atoms with Crippen LogP contribution in [0.4, 0.5) is 0 Å².